The average molecular weight is 650 g/mol. The Morgan fingerprint density at radius 2 is 0.549 bits per heavy atom. The van der Waals surface area contributed by atoms with Crippen molar-refractivity contribution >= 4 is 11.4 Å². The summed E-state index contributed by atoms with van der Waals surface area (Å²) in [5.74, 6) is 0. The lowest BCUT2D eigenvalue weighted by Crippen LogP contribution is -2.28. The molecule has 0 bridgehead atoms. The Kier molecular flexibility index (Phi) is 6.69. The van der Waals surface area contributed by atoms with Crippen molar-refractivity contribution in [1.29, 1.82) is 0 Å². The van der Waals surface area contributed by atoms with Crippen molar-refractivity contribution in [3.63, 3.8) is 0 Å². The molecule has 1 N–H and O–H groups in total. The molecule has 0 atom stereocenters. The fourth-order valence-corrected chi connectivity index (χ4v) is 9.34. The highest BCUT2D eigenvalue weighted by molar-refractivity contribution is 5.98. The zero-order chi connectivity index (χ0) is 33.8. The van der Waals surface area contributed by atoms with Gasteiger partial charge in [0.1, 0.15) is 0 Å². The van der Waals surface area contributed by atoms with E-state index in [9.17, 15) is 0 Å². The molecule has 0 saturated carbocycles. The van der Waals surface area contributed by atoms with Crippen LogP contribution in [0.4, 0.5) is 11.4 Å². The fraction of sp³-hybridized carbons (Fsp3) is 0.0400. The minimum Gasteiger partial charge on any atom is -0.354 e. The van der Waals surface area contributed by atoms with Gasteiger partial charge in [-0.1, -0.05) is 194 Å². The van der Waals surface area contributed by atoms with E-state index in [1.807, 2.05) is 0 Å². The topological polar surface area (TPSA) is 12.0 Å². The van der Waals surface area contributed by atoms with Gasteiger partial charge in [-0.2, -0.15) is 0 Å². The highest BCUT2D eigenvalue weighted by atomic mass is 14.9. The van der Waals surface area contributed by atoms with Gasteiger partial charge in [-0.3, -0.25) is 0 Å². The summed E-state index contributed by atoms with van der Waals surface area (Å²) < 4.78 is 0. The molecule has 2 aliphatic rings. The molecule has 10 rings (SSSR count). The Morgan fingerprint density at radius 3 is 0.902 bits per heavy atom. The van der Waals surface area contributed by atoms with Crippen LogP contribution in [0.15, 0.2) is 206 Å². The molecule has 0 amide bonds. The highest BCUT2D eigenvalue weighted by Gasteiger charge is 2.48. The molecular weight excluding hydrogens is 615 g/mol. The van der Waals surface area contributed by atoms with Gasteiger partial charge in [0.2, 0.25) is 0 Å². The van der Waals surface area contributed by atoms with Crippen LogP contribution in [0.3, 0.4) is 0 Å². The molecule has 51 heavy (non-hydrogen) atoms. The second-order valence-electron chi connectivity index (χ2n) is 13.6. The van der Waals surface area contributed by atoms with E-state index in [0.717, 1.165) is 11.4 Å². The summed E-state index contributed by atoms with van der Waals surface area (Å²) in [4.78, 5) is 0. The van der Waals surface area contributed by atoms with E-state index >= 15 is 0 Å². The molecular formula is C50H35N. The number of rotatable bonds is 6. The standard InChI is InChI=1S/C50H35N/c1-5-19-35(20-6-1)49(36-21-7-2-8-22-36)41-29-15-13-27-39(41)47-43(49)31-17-33-45(47)51-46-34-18-32-44-48(46)40-28-14-16-30-42(40)50(44,37-23-9-3-10-24-37)38-25-11-4-12-26-38/h1-34,51H. The summed E-state index contributed by atoms with van der Waals surface area (Å²) >= 11 is 0. The SMILES string of the molecule is c1ccc(C2(c3ccccc3)c3ccccc3-c3c(Nc4cccc5c4-c4ccccc4C5(c4ccccc4)c4ccccc4)cccc32)cc1. The predicted octanol–water partition coefficient (Wildman–Crippen LogP) is 12.2. The lowest BCUT2D eigenvalue weighted by molar-refractivity contribution is 0.768. The van der Waals surface area contributed by atoms with Crippen molar-refractivity contribution in [3.8, 4) is 22.3 Å². The number of hydrogen-bond acceptors (Lipinski definition) is 1. The molecule has 1 nitrogen and oxygen atoms in total. The molecule has 0 aromatic heterocycles. The van der Waals surface area contributed by atoms with E-state index in [0.29, 0.717) is 0 Å². The van der Waals surface area contributed by atoms with Gasteiger partial charge in [0, 0.05) is 22.5 Å². The molecule has 8 aromatic rings. The minimum absolute atomic E-state index is 0.451. The Balaban J connectivity index is 1.23. The van der Waals surface area contributed by atoms with E-state index in [4.69, 9.17) is 0 Å². The molecule has 8 aromatic carbocycles. The molecule has 0 saturated heterocycles. The van der Waals surface area contributed by atoms with Crippen LogP contribution in [0.25, 0.3) is 22.3 Å². The third kappa shape index (κ3) is 4.09. The predicted molar refractivity (Wildman–Crippen MR) is 211 cm³/mol. The average Bonchev–Trinajstić information content (AvgIpc) is 3.69. The lowest BCUT2D eigenvalue weighted by atomic mass is 9.67. The van der Waals surface area contributed by atoms with Crippen LogP contribution in [0.5, 0.6) is 0 Å². The van der Waals surface area contributed by atoms with Crippen LogP contribution in [0, 0.1) is 0 Å². The van der Waals surface area contributed by atoms with Crippen LogP contribution < -0.4 is 5.32 Å². The van der Waals surface area contributed by atoms with Gasteiger partial charge >= 0.3 is 0 Å². The largest absolute Gasteiger partial charge is 0.354 e. The van der Waals surface area contributed by atoms with E-state index in [1.165, 1.54) is 66.8 Å². The van der Waals surface area contributed by atoms with Gasteiger partial charge in [-0.25, -0.2) is 0 Å². The molecule has 2 aliphatic carbocycles. The summed E-state index contributed by atoms with van der Waals surface area (Å²) in [6.07, 6.45) is 0. The summed E-state index contributed by atoms with van der Waals surface area (Å²) in [5.41, 5.74) is 16.6. The summed E-state index contributed by atoms with van der Waals surface area (Å²) in [5, 5.41) is 4.07. The third-order valence-corrected chi connectivity index (χ3v) is 11.2. The van der Waals surface area contributed by atoms with E-state index in [2.05, 4.69) is 212 Å². The summed E-state index contributed by atoms with van der Waals surface area (Å²) in [6.45, 7) is 0. The Morgan fingerprint density at radius 1 is 0.255 bits per heavy atom. The van der Waals surface area contributed by atoms with Gasteiger partial charge in [0.15, 0.2) is 0 Å². The molecule has 1 heteroatoms. The summed E-state index contributed by atoms with van der Waals surface area (Å²) in [6, 6.07) is 75.6. The van der Waals surface area contributed by atoms with Crippen molar-refractivity contribution in [2.45, 2.75) is 10.8 Å². The Labute approximate surface area is 299 Å². The molecule has 240 valence electrons. The van der Waals surface area contributed by atoms with E-state index in [1.54, 1.807) is 0 Å². The van der Waals surface area contributed by atoms with Crippen LogP contribution in [0.2, 0.25) is 0 Å². The zero-order valence-electron chi connectivity index (χ0n) is 28.1. The highest BCUT2D eigenvalue weighted by Crippen LogP contribution is 2.60. The van der Waals surface area contributed by atoms with Crippen molar-refractivity contribution < 1.29 is 0 Å². The zero-order valence-corrected chi connectivity index (χ0v) is 28.1. The van der Waals surface area contributed by atoms with Crippen LogP contribution in [-0.4, -0.2) is 0 Å². The maximum Gasteiger partial charge on any atom is 0.0714 e. The number of benzene rings is 8. The fourth-order valence-electron chi connectivity index (χ4n) is 9.34. The smallest absolute Gasteiger partial charge is 0.0714 e. The second kappa shape index (κ2) is 11.6. The number of nitrogens with one attached hydrogen (secondary N) is 1. The Hall–Kier alpha value is -6.44. The lowest BCUT2D eigenvalue weighted by Gasteiger charge is -2.34. The normalized spacial score (nSPS) is 14.2. The molecule has 0 fully saturated rings. The van der Waals surface area contributed by atoms with Gasteiger partial charge < -0.3 is 5.32 Å². The van der Waals surface area contributed by atoms with Crippen molar-refractivity contribution in [3.05, 3.63) is 251 Å². The first-order valence-electron chi connectivity index (χ1n) is 17.8. The quantitative estimate of drug-likeness (QED) is 0.189. The minimum atomic E-state index is -0.451. The second-order valence-corrected chi connectivity index (χ2v) is 13.6. The van der Waals surface area contributed by atoms with E-state index in [-0.39, 0.29) is 0 Å². The van der Waals surface area contributed by atoms with Gasteiger partial charge in [0.05, 0.1) is 10.8 Å². The van der Waals surface area contributed by atoms with Gasteiger partial charge in [0.25, 0.3) is 0 Å². The van der Waals surface area contributed by atoms with Gasteiger partial charge in [-0.05, 0) is 67.8 Å². The van der Waals surface area contributed by atoms with Crippen molar-refractivity contribution in [1.82, 2.24) is 0 Å². The maximum absolute atomic E-state index is 4.07. The molecule has 0 heterocycles. The van der Waals surface area contributed by atoms with E-state index < -0.39 is 10.8 Å². The molecule has 0 unspecified atom stereocenters. The molecule has 0 radical (unpaired) electrons. The monoisotopic (exact) mass is 649 g/mol. The number of hydrogen-bond donors (Lipinski definition) is 1. The molecule has 0 aliphatic heterocycles. The van der Waals surface area contributed by atoms with Crippen LogP contribution >= 0.6 is 0 Å². The summed E-state index contributed by atoms with van der Waals surface area (Å²) in [7, 11) is 0. The maximum atomic E-state index is 4.07. The first-order valence-corrected chi connectivity index (χ1v) is 17.8. The third-order valence-electron chi connectivity index (χ3n) is 11.2. The van der Waals surface area contributed by atoms with Gasteiger partial charge in [-0.15, -0.1) is 0 Å². The van der Waals surface area contributed by atoms with Crippen molar-refractivity contribution in [2.24, 2.45) is 0 Å². The van der Waals surface area contributed by atoms with Crippen molar-refractivity contribution in [2.75, 3.05) is 5.32 Å². The number of fused-ring (bicyclic) bond motifs is 6. The molecule has 0 spiro atoms. The first kappa shape index (κ1) is 29.5. The Bertz CT molecular complexity index is 2280. The first-order chi connectivity index (χ1) is 25.3. The number of anilines is 2. The van der Waals surface area contributed by atoms with Crippen LogP contribution in [-0.2, 0) is 10.8 Å². The van der Waals surface area contributed by atoms with Crippen LogP contribution in [0.1, 0.15) is 44.5 Å².